The summed E-state index contributed by atoms with van der Waals surface area (Å²) in [5, 5.41) is 2.84. The van der Waals surface area contributed by atoms with Crippen molar-refractivity contribution in [1.82, 2.24) is 0 Å². The molecule has 27 heavy (non-hydrogen) atoms. The van der Waals surface area contributed by atoms with Gasteiger partial charge >= 0.3 is 5.97 Å². The second kappa shape index (κ2) is 8.96. The van der Waals surface area contributed by atoms with E-state index in [2.05, 4.69) is 5.32 Å². The number of hydrogen-bond acceptors (Lipinski definition) is 5. The summed E-state index contributed by atoms with van der Waals surface area (Å²) in [4.78, 5) is 23.4. The normalized spacial score (nSPS) is 11.1. The molecule has 2 aromatic rings. The lowest BCUT2D eigenvalue weighted by Gasteiger charge is -2.09. The van der Waals surface area contributed by atoms with Gasteiger partial charge in [-0.15, -0.1) is 0 Å². The number of amides is 1. The van der Waals surface area contributed by atoms with E-state index in [-0.39, 0.29) is 4.90 Å². The molecule has 0 aromatic heterocycles. The largest absolute Gasteiger partial charge is 0.456 e. The third-order valence-electron chi connectivity index (χ3n) is 3.51. The van der Waals surface area contributed by atoms with Crippen molar-refractivity contribution >= 4 is 39.0 Å². The molecule has 0 saturated heterocycles. The van der Waals surface area contributed by atoms with Gasteiger partial charge in [-0.25, -0.2) is 12.8 Å². The van der Waals surface area contributed by atoms with Crippen molar-refractivity contribution in [2.24, 2.45) is 0 Å². The minimum absolute atomic E-state index is 0.0940. The molecule has 0 unspecified atom stereocenters. The quantitative estimate of drug-likeness (QED) is 0.556. The molecule has 144 valence electrons. The van der Waals surface area contributed by atoms with Gasteiger partial charge in [-0.05, 0) is 48.9 Å². The predicted molar refractivity (Wildman–Crippen MR) is 98.8 cm³/mol. The van der Waals surface area contributed by atoms with Gasteiger partial charge in [-0.2, -0.15) is 0 Å². The van der Waals surface area contributed by atoms with Crippen LogP contribution in [0.5, 0.6) is 0 Å². The Bertz CT molecular complexity index is 945. The number of benzene rings is 2. The summed E-state index contributed by atoms with van der Waals surface area (Å²) < 4.78 is 41.8. The van der Waals surface area contributed by atoms with E-state index >= 15 is 0 Å². The lowest BCUT2D eigenvalue weighted by atomic mass is 10.2. The van der Waals surface area contributed by atoms with E-state index in [1.54, 1.807) is 18.2 Å². The van der Waals surface area contributed by atoms with E-state index in [1.165, 1.54) is 0 Å². The van der Waals surface area contributed by atoms with Crippen molar-refractivity contribution < 1.29 is 27.1 Å². The zero-order chi connectivity index (χ0) is 20.0. The van der Waals surface area contributed by atoms with E-state index in [0.717, 1.165) is 29.8 Å². The first kappa shape index (κ1) is 20.9. The lowest BCUT2D eigenvalue weighted by Crippen LogP contribution is -2.22. The van der Waals surface area contributed by atoms with Gasteiger partial charge < -0.3 is 10.1 Å². The molecule has 0 spiro atoms. The van der Waals surface area contributed by atoms with Gasteiger partial charge in [-0.3, -0.25) is 9.59 Å². The molecule has 2 rings (SSSR count). The highest BCUT2D eigenvalue weighted by atomic mass is 35.5. The van der Waals surface area contributed by atoms with E-state index in [0.29, 0.717) is 10.7 Å². The Hall–Kier alpha value is -2.45. The fourth-order valence-corrected chi connectivity index (χ4v) is 3.61. The zero-order valence-corrected chi connectivity index (χ0v) is 15.9. The van der Waals surface area contributed by atoms with Crippen LogP contribution in [0, 0.1) is 12.7 Å². The molecule has 0 saturated carbocycles. The summed E-state index contributed by atoms with van der Waals surface area (Å²) in [5.74, 6) is -2.52. The third-order valence-corrected chi connectivity index (χ3v) is 5.56. The highest BCUT2D eigenvalue weighted by molar-refractivity contribution is 7.91. The Morgan fingerprint density at radius 2 is 1.81 bits per heavy atom. The fraction of sp³-hybridized carbons (Fsp3) is 0.222. The van der Waals surface area contributed by atoms with Gasteiger partial charge in [0.1, 0.15) is 5.82 Å². The Morgan fingerprint density at radius 1 is 1.15 bits per heavy atom. The summed E-state index contributed by atoms with van der Waals surface area (Å²) in [5.41, 5.74) is 1.30. The maximum Gasteiger partial charge on any atom is 0.307 e. The van der Waals surface area contributed by atoms with Crippen molar-refractivity contribution in [2.75, 3.05) is 17.7 Å². The zero-order valence-electron chi connectivity index (χ0n) is 14.4. The number of carbonyl (C=O) groups is 2. The molecule has 1 N–H and O–H groups in total. The number of nitrogens with one attached hydrogen (secondary N) is 1. The molecule has 0 aliphatic heterocycles. The summed E-state index contributed by atoms with van der Waals surface area (Å²) >= 11 is 5.99. The average molecular weight is 414 g/mol. The first-order chi connectivity index (χ1) is 12.7. The van der Waals surface area contributed by atoms with Gasteiger partial charge in [0.05, 0.1) is 27.8 Å². The SMILES string of the molecule is Cc1ccc(NC(=O)COC(=O)CCS(=O)(=O)c2ccc(F)cc2)c(Cl)c1. The van der Waals surface area contributed by atoms with Crippen LogP contribution in [-0.2, 0) is 24.2 Å². The van der Waals surface area contributed by atoms with Gasteiger partial charge in [0.15, 0.2) is 16.4 Å². The van der Waals surface area contributed by atoms with Crippen LogP contribution in [0.4, 0.5) is 10.1 Å². The number of hydrogen-bond donors (Lipinski definition) is 1. The Balaban J connectivity index is 1.81. The third kappa shape index (κ3) is 6.33. The van der Waals surface area contributed by atoms with Crippen LogP contribution in [-0.4, -0.2) is 32.7 Å². The van der Waals surface area contributed by atoms with Crippen molar-refractivity contribution in [3.63, 3.8) is 0 Å². The minimum Gasteiger partial charge on any atom is -0.456 e. The Morgan fingerprint density at radius 3 is 2.44 bits per heavy atom. The van der Waals surface area contributed by atoms with Crippen molar-refractivity contribution in [3.05, 3.63) is 58.9 Å². The number of anilines is 1. The maximum atomic E-state index is 12.9. The smallest absolute Gasteiger partial charge is 0.307 e. The van der Waals surface area contributed by atoms with Crippen LogP contribution in [0.1, 0.15) is 12.0 Å². The number of halogens is 2. The van der Waals surface area contributed by atoms with E-state index in [1.807, 2.05) is 6.92 Å². The first-order valence-electron chi connectivity index (χ1n) is 7.87. The van der Waals surface area contributed by atoms with Crippen LogP contribution < -0.4 is 5.32 Å². The first-order valence-corrected chi connectivity index (χ1v) is 9.90. The van der Waals surface area contributed by atoms with Crippen molar-refractivity contribution in [3.8, 4) is 0 Å². The van der Waals surface area contributed by atoms with Crippen LogP contribution >= 0.6 is 11.6 Å². The number of aryl methyl sites for hydroxylation is 1. The van der Waals surface area contributed by atoms with Gasteiger partial charge in [0.2, 0.25) is 0 Å². The molecule has 0 bridgehead atoms. The van der Waals surface area contributed by atoms with Gasteiger partial charge in [-0.1, -0.05) is 17.7 Å². The number of esters is 1. The average Bonchev–Trinajstić information content (AvgIpc) is 2.61. The molecule has 1 amide bonds. The summed E-state index contributed by atoms with van der Waals surface area (Å²) in [6.07, 6.45) is -0.432. The molecule has 0 heterocycles. The van der Waals surface area contributed by atoms with Crippen molar-refractivity contribution in [2.45, 2.75) is 18.2 Å². The maximum absolute atomic E-state index is 12.9. The number of ether oxygens (including phenoxy) is 1. The highest BCUT2D eigenvalue weighted by Crippen LogP contribution is 2.22. The van der Waals surface area contributed by atoms with Crippen LogP contribution in [0.25, 0.3) is 0 Å². The van der Waals surface area contributed by atoms with Gasteiger partial charge in [0, 0.05) is 0 Å². The Labute approximate surface area is 161 Å². The van der Waals surface area contributed by atoms with Crippen molar-refractivity contribution in [1.29, 1.82) is 0 Å². The summed E-state index contributed by atoms with van der Waals surface area (Å²) in [7, 11) is -3.75. The standard InChI is InChI=1S/C18H17ClFNO5S/c1-12-2-7-16(15(19)10-12)21-17(22)11-26-18(23)8-9-27(24,25)14-5-3-13(20)4-6-14/h2-7,10H,8-9,11H2,1H3,(H,21,22). The van der Waals surface area contributed by atoms with Crippen LogP contribution in [0.2, 0.25) is 5.02 Å². The predicted octanol–water partition coefficient (Wildman–Crippen LogP) is 3.13. The van der Waals surface area contributed by atoms with Crippen LogP contribution in [0.3, 0.4) is 0 Å². The molecule has 0 aliphatic carbocycles. The number of sulfone groups is 1. The topological polar surface area (TPSA) is 89.5 Å². The number of rotatable bonds is 7. The molecular weight excluding hydrogens is 397 g/mol. The fourth-order valence-electron chi connectivity index (χ4n) is 2.10. The minimum atomic E-state index is -3.75. The molecule has 9 heteroatoms. The molecular formula is C18H17ClFNO5S. The Kier molecular flexibility index (Phi) is 6.92. The molecule has 6 nitrogen and oxygen atoms in total. The summed E-state index contributed by atoms with van der Waals surface area (Å²) in [6, 6.07) is 9.32. The second-order valence-electron chi connectivity index (χ2n) is 5.71. The van der Waals surface area contributed by atoms with Crippen LogP contribution in [0.15, 0.2) is 47.4 Å². The van der Waals surface area contributed by atoms with Gasteiger partial charge in [0.25, 0.3) is 5.91 Å². The monoisotopic (exact) mass is 413 g/mol. The van der Waals surface area contributed by atoms with E-state index < -0.39 is 46.3 Å². The lowest BCUT2D eigenvalue weighted by molar-refractivity contribution is -0.146. The second-order valence-corrected chi connectivity index (χ2v) is 8.23. The highest BCUT2D eigenvalue weighted by Gasteiger charge is 2.18. The molecule has 2 aromatic carbocycles. The number of carbonyl (C=O) groups excluding carboxylic acids is 2. The molecule has 0 atom stereocenters. The van der Waals surface area contributed by atoms with E-state index in [9.17, 15) is 22.4 Å². The summed E-state index contributed by atoms with van der Waals surface area (Å²) in [6.45, 7) is 1.28. The molecule has 0 aliphatic rings. The molecule has 0 fully saturated rings. The van der Waals surface area contributed by atoms with E-state index in [4.69, 9.17) is 16.3 Å². The molecule has 0 radical (unpaired) electrons.